The number of halogens is 1. The number of aliphatic hydroxyl groups excluding tert-OH is 2. The molecule has 0 bridgehead atoms. The second kappa shape index (κ2) is 3.16. The van der Waals surface area contributed by atoms with Crippen molar-refractivity contribution < 1.29 is 10.2 Å². The van der Waals surface area contributed by atoms with Crippen LogP contribution in [0.4, 0.5) is 0 Å². The maximum atomic E-state index is 9.05. The van der Waals surface area contributed by atoms with Gasteiger partial charge in [0.05, 0.1) is 12.2 Å². The first-order chi connectivity index (χ1) is 4.24. The van der Waals surface area contributed by atoms with Gasteiger partial charge in [0.15, 0.2) is 0 Å². The lowest BCUT2D eigenvalue weighted by Crippen LogP contribution is -2.17. The summed E-state index contributed by atoms with van der Waals surface area (Å²) >= 11 is 2.29. The van der Waals surface area contributed by atoms with Crippen molar-refractivity contribution in [1.82, 2.24) is 0 Å². The highest BCUT2D eigenvalue weighted by Gasteiger charge is 2.30. The van der Waals surface area contributed by atoms with Gasteiger partial charge >= 0.3 is 0 Å². The molecule has 1 rings (SSSR count). The van der Waals surface area contributed by atoms with E-state index < -0.39 is 12.2 Å². The topological polar surface area (TPSA) is 40.5 Å². The molecule has 0 amide bonds. The maximum absolute atomic E-state index is 9.05. The summed E-state index contributed by atoms with van der Waals surface area (Å²) in [6.45, 7) is 0. The van der Waals surface area contributed by atoms with Crippen molar-refractivity contribution in [3.8, 4) is 0 Å². The van der Waals surface area contributed by atoms with E-state index in [1.165, 1.54) is 0 Å². The Morgan fingerprint density at radius 3 is 1.89 bits per heavy atom. The largest absolute Gasteiger partial charge is 0.390 e. The van der Waals surface area contributed by atoms with Crippen LogP contribution in [0.3, 0.4) is 0 Å². The molecule has 0 heterocycles. The van der Waals surface area contributed by atoms with Crippen molar-refractivity contribution in [2.45, 2.75) is 25.0 Å². The molecule has 0 spiro atoms. The standard InChI is InChI=1S/C6H11IO2/c7-3-4-1-5(8)6(9)2-4/h4-6,8-9H,1-3H2/t4?,5-,6+. The number of hydrogen-bond donors (Lipinski definition) is 2. The second-order valence-electron chi connectivity index (χ2n) is 2.63. The highest BCUT2D eigenvalue weighted by Crippen LogP contribution is 2.27. The maximum Gasteiger partial charge on any atom is 0.0802 e. The predicted molar refractivity (Wildman–Crippen MR) is 43.6 cm³/mol. The van der Waals surface area contributed by atoms with Gasteiger partial charge in [0.2, 0.25) is 0 Å². The molecule has 1 fully saturated rings. The predicted octanol–water partition coefficient (Wildman–Crippen LogP) is 0.553. The molecule has 1 aliphatic rings. The van der Waals surface area contributed by atoms with Crippen LogP contribution >= 0.6 is 22.6 Å². The Morgan fingerprint density at radius 2 is 1.67 bits per heavy atom. The molecule has 9 heavy (non-hydrogen) atoms. The Hall–Kier alpha value is 0.650. The van der Waals surface area contributed by atoms with Crippen molar-refractivity contribution in [3.05, 3.63) is 0 Å². The van der Waals surface area contributed by atoms with Crippen LogP contribution in [0.2, 0.25) is 0 Å². The molecule has 3 atom stereocenters. The molecule has 1 saturated carbocycles. The van der Waals surface area contributed by atoms with E-state index in [0.29, 0.717) is 5.92 Å². The van der Waals surface area contributed by atoms with Crippen LogP contribution in [0.25, 0.3) is 0 Å². The zero-order valence-electron chi connectivity index (χ0n) is 5.13. The zero-order valence-corrected chi connectivity index (χ0v) is 7.28. The molecule has 0 aliphatic heterocycles. The van der Waals surface area contributed by atoms with Gasteiger partial charge in [-0.3, -0.25) is 0 Å². The van der Waals surface area contributed by atoms with Crippen molar-refractivity contribution in [3.63, 3.8) is 0 Å². The van der Waals surface area contributed by atoms with Gasteiger partial charge in [-0.25, -0.2) is 0 Å². The summed E-state index contributed by atoms with van der Waals surface area (Å²) in [5, 5.41) is 18.1. The van der Waals surface area contributed by atoms with Gasteiger partial charge < -0.3 is 10.2 Å². The Bertz CT molecular complexity index is 87.1. The minimum absolute atomic E-state index is 0.454. The Morgan fingerprint density at radius 1 is 1.22 bits per heavy atom. The molecule has 0 radical (unpaired) electrons. The van der Waals surface area contributed by atoms with E-state index in [1.807, 2.05) is 0 Å². The molecule has 0 saturated heterocycles. The molecule has 0 aromatic heterocycles. The number of hydrogen-bond acceptors (Lipinski definition) is 2. The molecular formula is C6H11IO2. The summed E-state index contributed by atoms with van der Waals surface area (Å²) in [5.74, 6) is 0.538. The minimum atomic E-state index is -0.454. The first-order valence-electron chi connectivity index (χ1n) is 3.16. The minimum Gasteiger partial charge on any atom is -0.390 e. The summed E-state index contributed by atoms with van der Waals surface area (Å²) in [6, 6.07) is 0. The molecule has 3 heteroatoms. The number of rotatable bonds is 1. The van der Waals surface area contributed by atoms with Crippen LogP contribution < -0.4 is 0 Å². The fourth-order valence-electron chi connectivity index (χ4n) is 1.22. The van der Waals surface area contributed by atoms with Crippen LogP contribution in [0.15, 0.2) is 0 Å². The molecule has 1 unspecified atom stereocenters. The van der Waals surface area contributed by atoms with Gasteiger partial charge in [-0.15, -0.1) is 0 Å². The average molecular weight is 242 g/mol. The van der Waals surface area contributed by atoms with Crippen molar-refractivity contribution in [1.29, 1.82) is 0 Å². The van der Waals surface area contributed by atoms with E-state index >= 15 is 0 Å². The Labute approximate surface area is 68.4 Å². The third-order valence-corrected chi connectivity index (χ3v) is 3.06. The fraction of sp³-hybridized carbons (Fsp3) is 1.00. The number of alkyl halides is 1. The van der Waals surface area contributed by atoms with Crippen molar-refractivity contribution in [2.75, 3.05) is 4.43 Å². The van der Waals surface area contributed by atoms with Gasteiger partial charge in [-0.1, -0.05) is 22.6 Å². The van der Waals surface area contributed by atoms with E-state index in [4.69, 9.17) is 10.2 Å². The molecule has 2 N–H and O–H groups in total. The number of aliphatic hydroxyl groups is 2. The normalized spacial score (nSPS) is 43.7. The quantitative estimate of drug-likeness (QED) is 0.520. The average Bonchev–Trinajstić information content (AvgIpc) is 2.13. The lowest BCUT2D eigenvalue weighted by molar-refractivity contribution is 0.0438. The summed E-state index contributed by atoms with van der Waals surface area (Å²) in [6.07, 6.45) is 0.656. The third kappa shape index (κ3) is 1.78. The van der Waals surface area contributed by atoms with Crippen LogP contribution in [0.5, 0.6) is 0 Å². The highest BCUT2D eigenvalue weighted by molar-refractivity contribution is 14.1. The van der Waals surface area contributed by atoms with Gasteiger partial charge in [-0.05, 0) is 18.8 Å². The summed E-state index contributed by atoms with van der Waals surface area (Å²) < 4.78 is 1.05. The monoisotopic (exact) mass is 242 g/mol. The first kappa shape index (κ1) is 7.75. The van der Waals surface area contributed by atoms with Crippen LogP contribution in [-0.4, -0.2) is 26.8 Å². The Kier molecular flexibility index (Phi) is 2.73. The van der Waals surface area contributed by atoms with E-state index in [1.54, 1.807) is 0 Å². The van der Waals surface area contributed by atoms with Gasteiger partial charge in [0, 0.05) is 4.43 Å². The fourth-order valence-corrected chi connectivity index (χ4v) is 1.94. The van der Waals surface area contributed by atoms with E-state index in [2.05, 4.69) is 22.6 Å². The second-order valence-corrected chi connectivity index (χ2v) is 3.51. The lowest BCUT2D eigenvalue weighted by atomic mass is 10.1. The molecule has 54 valence electrons. The highest BCUT2D eigenvalue weighted by atomic mass is 127. The van der Waals surface area contributed by atoms with Crippen LogP contribution in [-0.2, 0) is 0 Å². The van der Waals surface area contributed by atoms with Crippen molar-refractivity contribution in [2.24, 2.45) is 5.92 Å². The summed E-state index contributed by atoms with van der Waals surface area (Å²) in [7, 11) is 0. The first-order valence-corrected chi connectivity index (χ1v) is 4.68. The molecule has 2 nitrogen and oxygen atoms in total. The molecule has 0 aromatic rings. The molecular weight excluding hydrogens is 231 g/mol. The molecule has 0 aromatic carbocycles. The van der Waals surface area contributed by atoms with E-state index in [-0.39, 0.29) is 0 Å². The van der Waals surface area contributed by atoms with Crippen LogP contribution in [0.1, 0.15) is 12.8 Å². The molecule has 1 aliphatic carbocycles. The van der Waals surface area contributed by atoms with Crippen LogP contribution in [0, 0.1) is 5.92 Å². The zero-order chi connectivity index (χ0) is 6.85. The van der Waals surface area contributed by atoms with Gasteiger partial charge in [-0.2, -0.15) is 0 Å². The van der Waals surface area contributed by atoms with E-state index in [9.17, 15) is 0 Å². The smallest absolute Gasteiger partial charge is 0.0802 e. The SMILES string of the molecule is O[C@@H]1CC(CI)C[C@@H]1O. The summed E-state index contributed by atoms with van der Waals surface area (Å²) in [4.78, 5) is 0. The van der Waals surface area contributed by atoms with Gasteiger partial charge in [0.1, 0.15) is 0 Å². The van der Waals surface area contributed by atoms with Gasteiger partial charge in [0.25, 0.3) is 0 Å². The third-order valence-electron chi connectivity index (χ3n) is 1.81. The summed E-state index contributed by atoms with van der Waals surface area (Å²) in [5.41, 5.74) is 0. The Balaban J connectivity index is 2.35. The lowest BCUT2D eigenvalue weighted by Gasteiger charge is -2.03. The van der Waals surface area contributed by atoms with Crippen molar-refractivity contribution >= 4 is 22.6 Å². The van der Waals surface area contributed by atoms with E-state index in [0.717, 1.165) is 17.3 Å².